The van der Waals surface area contributed by atoms with Crippen LogP contribution < -0.4 is 9.64 Å². The summed E-state index contributed by atoms with van der Waals surface area (Å²) in [6.45, 7) is -0.617. The van der Waals surface area contributed by atoms with Crippen molar-refractivity contribution in [3.63, 3.8) is 0 Å². The minimum atomic E-state index is -0.959. The van der Waals surface area contributed by atoms with E-state index in [4.69, 9.17) is 4.74 Å². The number of pyridine rings is 1. The maximum Gasteiger partial charge on any atom is 0.258 e. The summed E-state index contributed by atoms with van der Waals surface area (Å²) in [5, 5.41) is 0. The molecular formula is C20H17FN2O2. The molecule has 0 aliphatic heterocycles. The Kier molecular flexibility index (Phi) is 5.36. The zero-order valence-corrected chi connectivity index (χ0v) is 13.5. The number of halogens is 1. The van der Waals surface area contributed by atoms with Gasteiger partial charge in [-0.15, -0.1) is 0 Å². The molecule has 25 heavy (non-hydrogen) atoms. The molecule has 0 aliphatic carbocycles. The van der Waals surface area contributed by atoms with Gasteiger partial charge in [0.2, 0.25) is 6.86 Å². The van der Waals surface area contributed by atoms with Crippen LogP contribution in [0, 0.1) is 0 Å². The van der Waals surface area contributed by atoms with Crippen molar-refractivity contribution in [1.29, 1.82) is 0 Å². The Hall–Kier alpha value is -3.21. The maximum absolute atomic E-state index is 13.1. The molecular weight excluding hydrogens is 319 g/mol. The summed E-state index contributed by atoms with van der Waals surface area (Å²) in [6, 6.07) is 19.8. The number of anilines is 1. The first-order valence-corrected chi connectivity index (χ1v) is 7.83. The lowest BCUT2D eigenvalue weighted by Crippen LogP contribution is -2.30. The molecule has 4 nitrogen and oxygen atoms in total. The third-order valence-electron chi connectivity index (χ3n) is 3.72. The van der Waals surface area contributed by atoms with Gasteiger partial charge in [-0.3, -0.25) is 9.78 Å². The number of carbonyl (C=O) groups excluding carboxylic acids is 1. The molecule has 3 aromatic rings. The third-order valence-corrected chi connectivity index (χ3v) is 3.72. The van der Waals surface area contributed by atoms with Crippen LogP contribution in [0.2, 0.25) is 0 Å². The van der Waals surface area contributed by atoms with Gasteiger partial charge >= 0.3 is 0 Å². The second-order valence-electron chi connectivity index (χ2n) is 5.33. The third kappa shape index (κ3) is 4.01. The van der Waals surface area contributed by atoms with Gasteiger partial charge in [-0.1, -0.05) is 42.5 Å². The lowest BCUT2D eigenvalue weighted by molar-refractivity contribution is 0.0983. The molecule has 0 fully saturated rings. The quantitative estimate of drug-likeness (QED) is 0.676. The molecule has 0 bridgehead atoms. The molecule has 0 saturated carbocycles. The Bertz CT molecular complexity index is 825. The van der Waals surface area contributed by atoms with E-state index in [0.29, 0.717) is 23.5 Å². The van der Waals surface area contributed by atoms with Crippen LogP contribution in [0.1, 0.15) is 15.9 Å². The highest BCUT2D eigenvalue weighted by Crippen LogP contribution is 2.30. The molecule has 126 valence electrons. The predicted molar refractivity (Wildman–Crippen MR) is 94.2 cm³/mol. The van der Waals surface area contributed by atoms with Gasteiger partial charge in [0, 0.05) is 18.0 Å². The Morgan fingerprint density at radius 3 is 2.36 bits per heavy atom. The van der Waals surface area contributed by atoms with Crippen molar-refractivity contribution in [2.45, 2.75) is 6.54 Å². The van der Waals surface area contributed by atoms with E-state index in [1.54, 1.807) is 53.7 Å². The lowest BCUT2D eigenvalue weighted by Gasteiger charge is -2.25. The van der Waals surface area contributed by atoms with Crippen molar-refractivity contribution in [1.82, 2.24) is 4.98 Å². The number of nitrogens with zero attached hydrogens (tertiary/aromatic N) is 2. The minimum absolute atomic E-state index is 0.207. The van der Waals surface area contributed by atoms with Gasteiger partial charge in [0.1, 0.15) is 5.75 Å². The zero-order valence-electron chi connectivity index (χ0n) is 13.5. The van der Waals surface area contributed by atoms with E-state index in [0.717, 1.165) is 5.56 Å². The van der Waals surface area contributed by atoms with E-state index in [-0.39, 0.29) is 5.91 Å². The van der Waals surface area contributed by atoms with E-state index < -0.39 is 6.86 Å². The molecule has 0 unspecified atom stereocenters. The van der Waals surface area contributed by atoms with Crippen LogP contribution in [0.25, 0.3) is 0 Å². The topological polar surface area (TPSA) is 42.4 Å². The Balaban J connectivity index is 2.01. The number of ether oxygens (including phenoxy) is 1. The van der Waals surface area contributed by atoms with Crippen LogP contribution in [0.3, 0.4) is 0 Å². The van der Waals surface area contributed by atoms with Crippen LogP contribution in [-0.4, -0.2) is 17.8 Å². The number of alkyl halides is 1. The SMILES string of the molecule is O=C(c1ccncc1)N(Cc1ccccc1)c1ccccc1OCF. The molecule has 3 rings (SSSR count). The second kappa shape index (κ2) is 8.06. The summed E-state index contributed by atoms with van der Waals surface area (Å²) < 4.78 is 17.8. The van der Waals surface area contributed by atoms with Gasteiger partial charge in [0.15, 0.2) is 0 Å². The summed E-state index contributed by atoms with van der Waals surface area (Å²) in [5.41, 5.74) is 1.98. The van der Waals surface area contributed by atoms with Crippen LogP contribution >= 0.6 is 0 Å². The van der Waals surface area contributed by atoms with Crippen molar-refractivity contribution < 1.29 is 13.9 Å². The summed E-state index contributed by atoms with van der Waals surface area (Å²) >= 11 is 0. The monoisotopic (exact) mass is 336 g/mol. The van der Waals surface area contributed by atoms with Gasteiger partial charge in [-0.2, -0.15) is 0 Å². The van der Waals surface area contributed by atoms with E-state index in [1.165, 1.54) is 0 Å². The largest absolute Gasteiger partial charge is 0.461 e. The standard InChI is InChI=1S/C20H17FN2O2/c21-15-25-19-9-5-4-8-18(19)23(14-16-6-2-1-3-7-16)20(24)17-10-12-22-13-11-17/h1-13H,14-15H2. The highest BCUT2D eigenvalue weighted by Gasteiger charge is 2.21. The highest BCUT2D eigenvalue weighted by atomic mass is 19.1. The van der Waals surface area contributed by atoms with E-state index in [1.807, 2.05) is 30.3 Å². The molecule has 0 radical (unpaired) electrons. The minimum Gasteiger partial charge on any atom is -0.461 e. The van der Waals surface area contributed by atoms with Crippen molar-refractivity contribution in [2.24, 2.45) is 0 Å². The molecule has 0 saturated heterocycles. The van der Waals surface area contributed by atoms with Crippen molar-refractivity contribution in [3.05, 3.63) is 90.3 Å². The molecule has 0 spiro atoms. The molecule has 2 aromatic carbocycles. The number of aromatic nitrogens is 1. The average molecular weight is 336 g/mol. The van der Waals surface area contributed by atoms with Crippen molar-refractivity contribution in [2.75, 3.05) is 11.8 Å². The number of amides is 1. The Morgan fingerprint density at radius 2 is 1.64 bits per heavy atom. The molecule has 1 heterocycles. The van der Waals surface area contributed by atoms with E-state index in [9.17, 15) is 9.18 Å². The van der Waals surface area contributed by atoms with Crippen LogP contribution in [0.15, 0.2) is 79.1 Å². The van der Waals surface area contributed by atoms with Gasteiger partial charge < -0.3 is 9.64 Å². The average Bonchev–Trinajstić information content (AvgIpc) is 2.68. The second-order valence-corrected chi connectivity index (χ2v) is 5.33. The first-order valence-electron chi connectivity index (χ1n) is 7.83. The summed E-state index contributed by atoms with van der Waals surface area (Å²) in [6.07, 6.45) is 3.13. The van der Waals surface area contributed by atoms with Crippen molar-refractivity contribution in [3.8, 4) is 5.75 Å². The highest BCUT2D eigenvalue weighted by molar-refractivity contribution is 6.06. The molecule has 5 heteroatoms. The molecule has 0 N–H and O–H groups in total. The van der Waals surface area contributed by atoms with E-state index in [2.05, 4.69) is 4.98 Å². The van der Waals surface area contributed by atoms with Gasteiger partial charge in [0.25, 0.3) is 5.91 Å². The Labute approximate surface area is 145 Å². The fraction of sp³-hybridized carbons (Fsp3) is 0.100. The number of hydrogen-bond acceptors (Lipinski definition) is 3. The number of carbonyl (C=O) groups is 1. The first-order chi connectivity index (χ1) is 12.3. The van der Waals surface area contributed by atoms with Crippen molar-refractivity contribution >= 4 is 11.6 Å². The number of para-hydroxylation sites is 2. The lowest BCUT2D eigenvalue weighted by atomic mass is 10.1. The zero-order chi connectivity index (χ0) is 17.5. The summed E-state index contributed by atoms with van der Waals surface area (Å²) in [7, 11) is 0. The van der Waals surface area contributed by atoms with Crippen LogP contribution in [0.5, 0.6) is 5.75 Å². The Morgan fingerprint density at radius 1 is 0.960 bits per heavy atom. The van der Waals surface area contributed by atoms with Crippen LogP contribution in [0.4, 0.5) is 10.1 Å². The predicted octanol–water partition coefficient (Wildman–Crippen LogP) is 4.23. The van der Waals surface area contributed by atoms with Gasteiger partial charge in [-0.05, 0) is 29.8 Å². The summed E-state index contributed by atoms with van der Waals surface area (Å²) in [4.78, 5) is 18.6. The fourth-order valence-electron chi connectivity index (χ4n) is 2.54. The molecule has 1 amide bonds. The number of rotatable bonds is 6. The van der Waals surface area contributed by atoms with Crippen LogP contribution in [-0.2, 0) is 6.54 Å². The van der Waals surface area contributed by atoms with Gasteiger partial charge in [-0.25, -0.2) is 4.39 Å². The molecule has 1 aromatic heterocycles. The van der Waals surface area contributed by atoms with E-state index >= 15 is 0 Å². The maximum atomic E-state index is 13.1. The molecule has 0 aliphatic rings. The number of benzene rings is 2. The summed E-state index contributed by atoms with van der Waals surface area (Å²) in [5.74, 6) is 0.115. The number of hydrogen-bond donors (Lipinski definition) is 0. The smallest absolute Gasteiger partial charge is 0.258 e. The normalized spacial score (nSPS) is 10.3. The van der Waals surface area contributed by atoms with Gasteiger partial charge in [0.05, 0.1) is 12.2 Å². The first kappa shape index (κ1) is 16.6. The fourth-order valence-corrected chi connectivity index (χ4v) is 2.54. The molecule has 0 atom stereocenters.